The largest absolute Gasteiger partial charge is 0.393 e. The number of hydrogen-bond donors (Lipinski definition) is 2. The minimum atomic E-state index is -0.152. The predicted octanol–water partition coefficient (Wildman–Crippen LogP) is 3.03. The number of fused-ring (bicyclic) bond motifs is 2. The highest BCUT2D eigenvalue weighted by molar-refractivity contribution is 7.19. The molecule has 2 aliphatic rings. The van der Waals surface area contributed by atoms with Crippen LogP contribution in [0.15, 0.2) is 30.5 Å². The Morgan fingerprint density at radius 1 is 1.12 bits per heavy atom. The lowest BCUT2D eigenvalue weighted by Crippen LogP contribution is -2.36. The topological polar surface area (TPSA) is 90.4 Å². The molecule has 166 valence electrons. The van der Waals surface area contributed by atoms with Crippen molar-refractivity contribution in [3.8, 4) is 11.4 Å². The summed E-state index contributed by atoms with van der Waals surface area (Å²) in [4.78, 5) is 16.1. The number of ether oxygens (including phenoxy) is 1. The molecular formula is C23H26N6O2S. The van der Waals surface area contributed by atoms with Crippen LogP contribution in [0.5, 0.6) is 0 Å². The lowest BCUT2D eigenvalue weighted by atomic mass is 10.1. The summed E-state index contributed by atoms with van der Waals surface area (Å²) in [5.74, 6) is 1.73. The van der Waals surface area contributed by atoms with E-state index in [4.69, 9.17) is 14.7 Å². The Labute approximate surface area is 189 Å². The third-order valence-electron chi connectivity index (χ3n) is 6.38. The maximum absolute atomic E-state index is 9.82. The molecule has 8 nitrogen and oxygen atoms in total. The highest BCUT2D eigenvalue weighted by Gasteiger charge is 2.22. The zero-order valence-corrected chi connectivity index (χ0v) is 18.6. The number of aliphatic hydroxyl groups excluding tert-OH is 1. The van der Waals surface area contributed by atoms with Crippen LogP contribution in [0.1, 0.15) is 17.7 Å². The Bertz CT molecular complexity index is 1240. The summed E-state index contributed by atoms with van der Waals surface area (Å²) in [6.07, 6.45) is 3.39. The van der Waals surface area contributed by atoms with E-state index in [2.05, 4.69) is 32.1 Å². The summed E-state index contributed by atoms with van der Waals surface area (Å²) in [7, 11) is 0. The Morgan fingerprint density at radius 2 is 1.97 bits per heavy atom. The van der Waals surface area contributed by atoms with E-state index in [0.29, 0.717) is 13.2 Å². The quantitative estimate of drug-likeness (QED) is 0.494. The number of H-pyrrole nitrogens is 1. The van der Waals surface area contributed by atoms with Crippen molar-refractivity contribution < 1.29 is 9.84 Å². The van der Waals surface area contributed by atoms with Gasteiger partial charge in [-0.15, -0.1) is 11.3 Å². The number of aromatic nitrogens is 4. The van der Waals surface area contributed by atoms with Gasteiger partial charge in [0.25, 0.3) is 0 Å². The fourth-order valence-corrected chi connectivity index (χ4v) is 5.77. The van der Waals surface area contributed by atoms with E-state index in [9.17, 15) is 5.11 Å². The second-order valence-corrected chi connectivity index (χ2v) is 9.68. The maximum Gasteiger partial charge on any atom is 0.162 e. The highest BCUT2D eigenvalue weighted by Crippen LogP contribution is 2.36. The zero-order valence-electron chi connectivity index (χ0n) is 17.8. The number of nitrogens with zero attached hydrogens (tertiary/aromatic N) is 5. The molecule has 32 heavy (non-hydrogen) atoms. The average Bonchev–Trinajstić information content (AvgIpc) is 3.47. The number of morpholine rings is 1. The van der Waals surface area contributed by atoms with Crippen LogP contribution in [0.3, 0.4) is 0 Å². The Balaban J connectivity index is 1.43. The average molecular weight is 451 g/mol. The lowest BCUT2D eigenvalue weighted by molar-refractivity contribution is 0.0797. The summed E-state index contributed by atoms with van der Waals surface area (Å²) in [6.45, 7) is 5.86. The normalized spacial score (nSPS) is 18.7. The van der Waals surface area contributed by atoms with Crippen LogP contribution < -0.4 is 4.90 Å². The van der Waals surface area contributed by atoms with Crippen LogP contribution in [-0.2, 0) is 11.3 Å². The third-order valence-corrected chi connectivity index (χ3v) is 7.48. The van der Waals surface area contributed by atoms with Gasteiger partial charge < -0.3 is 14.7 Å². The van der Waals surface area contributed by atoms with Crippen molar-refractivity contribution in [2.24, 2.45) is 0 Å². The zero-order chi connectivity index (χ0) is 21.5. The number of thiophene rings is 1. The number of nitrogens with one attached hydrogen (secondary N) is 1. The molecule has 2 fully saturated rings. The van der Waals surface area contributed by atoms with E-state index >= 15 is 0 Å². The van der Waals surface area contributed by atoms with Gasteiger partial charge in [0.2, 0.25) is 0 Å². The van der Waals surface area contributed by atoms with E-state index in [1.54, 1.807) is 11.3 Å². The van der Waals surface area contributed by atoms with E-state index in [1.165, 1.54) is 4.88 Å². The Morgan fingerprint density at radius 3 is 2.81 bits per heavy atom. The minimum absolute atomic E-state index is 0.152. The second-order valence-electron chi connectivity index (χ2n) is 8.54. The van der Waals surface area contributed by atoms with E-state index in [-0.39, 0.29) is 6.10 Å². The van der Waals surface area contributed by atoms with Gasteiger partial charge in [-0.2, -0.15) is 5.10 Å². The van der Waals surface area contributed by atoms with E-state index < -0.39 is 0 Å². The highest BCUT2D eigenvalue weighted by atomic mass is 32.1. The summed E-state index contributed by atoms with van der Waals surface area (Å²) >= 11 is 1.79. The van der Waals surface area contributed by atoms with Crippen molar-refractivity contribution >= 4 is 38.3 Å². The number of aliphatic hydroxyl groups is 1. The third kappa shape index (κ3) is 3.75. The van der Waals surface area contributed by atoms with Crippen LogP contribution in [0, 0.1) is 0 Å². The Hall–Kier alpha value is -2.59. The number of likely N-dealkylation sites (tertiary alicyclic amines) is 1. The molecule has 9 heteroatoms. The van der Waals surface area contributed by atoms with Crippen molar-refractivity contribution in [3.63, 3.8) is 0 Å². The molecule has 5 heterocycles. The van der Waals surface area contributed by atoms with Gasteiger partial charge in [0, 0.05) is 48.6 Å². The molecule has 0 amide bonds. The van der Waals surface area contributed by atoms with Crippen molar-refractivity contribution in [3.05, 3.63) is 35.3 Å². The summed E-state index contributed by atoms with van der Waals surface area (Å²) < 4.78 is 6.73. The fourth-order valence-electron chi connectivity index (χ4n) is 4.61. The Kier molecular flexibility index (Phi) is 5.26. The molecule has 0 atom stereocenters. The first kappa shape index (κ1) is 20.0. The summed E-state index contributed by atoms with van der Waals surface area (Å²) in [6, 6.07) is 8.32. The monoisotopic (exact) mass is 450 g/mol. The van der Waals surface area contributed by atoms with Crippen molar-refractivity contribution in [2.75, 3.05) is 44.3 Å². The predicted molar refractivity (Wildman–Crippen MR) is 126 cm³/mol. The van der Waals surface area contributed by atoms with Gasteiger partial charge in [-0.3, -0.25) is 10.00 Å². The van der Waals surface area contributed by atoms with Crippen molar-refractivity contribution in [1.82, 2.24) is 25.1 Å². The molecule has 6 rings (SSSR count). The van der Waals surface area contributed by atoms with E-state index in [1.807, 2.05) is 18.3 Å². The first-order valence-corrected chi connectivity index (χ1v) is 12.0. The molecule has 0 radical (unpaired) electrons. The smallest absolute Gasteiger partial charge is 0.162 e. The molecular weight excluding hydrogens is 424 g/mol. The molecule has 2 saturated heterocycles. The molecule has 0 unspecified atom stereocenters. The molecule has 2 N–H and O–H groups in total. The molecule has 0 saturated carbocycles. The molecule has 0 aliphatic carbocycles. The summed E-state index contributed by atoms with van der Waals surface area (Å²) in [5, 5.41) is 18.1. The molecule has 0 bridgehead atoms. The first-order chi connectivity index (χ1) is 15.7. The molecule has 2 aliphatic heterocycles. The van der Waals surface area contributed by atoms with Crippen molar-refractivity contribution in [2.45, 2.75) is 25.5 Å². The van der Waals surface area contributed by atoms with Gasteiger partial charge in [-0.05, 0) is 25.0 Å². The van der Waals surface area contributed by atoms with Gasteiger partial charge in [0.05, 0.1) is 41.2 Å². The van der Waals surface area contributed by atoms with Gasteiger partial charge in [0.1, 0.15) is 0 Å². The standard InChI is InChI=1S/C23H26N6O2S/c30-15-4-6-28(7-5-15)14-16-12-20-21(32-16)23(29-8-10-31-11-9-29)26-22(25-20)17-2-1-3-19-18(17)13-24-27-19/h1-3,12-13,15,30H,4-11,14H2,(H,24,27). The summed E-state index contributed by atoms with van der Waals surface area (Å²) in [5.41, 5.74) is 2.97. The number of anilines is 1. The van der Waals surface area contributed by atoms with Crippen LogP contribution in [0.4, 0.5) is 5.82 Å². The SMILES string of the molecule is OC1CCN(Cc2cc3nc(-c4cccc5[nH]ncc45)nc(N4CCOCC4)c3s2)CC1. The van der Waals surface area contributed by atoms with Gasteiger partial charge >= 0.3 is 0 Å². The minimum Gasteiger partial charge on any atom is -0.393 e. The number of aromatic amines is 1. The number of hydrogen-bond acceptors (Lipinski definition) is 8. The van der Waals surface area contributed by atoms with Crippen LogP contribution in [-0.4, -0.2) is 75.7 Å². The molecule has 0 spiro atoms. The van der Waals surface area contributed by atoms with Crippen LogP contribution in [0.25, 0.3) is 32.5 Å². The molecule has 4 aromatic rings. The van der Waals surface area contributed by atoms with Crippen LogP contribution in [0.2, 0.25) is 0 Å². The van der Waals surface area contributed by atoms with Crippen LogP contribution >= 0.6 is 11.3 Å². The molecule has 1 aromatic carbocycles. The number of benzene rings is 1. The van der Waals surface area contributed by atoms with Gasteiger partial charge in [0.15, 0.2) is 11.6 Å². The maximum atomic E-state index is 9.82. The van der Waals surface area contributed by atoms with Crippen molar-refractivity contribution in [1.29, 1.82) is 0 Å². The number of piperidine rings is 1. The first-order valence-electron chi connectivity index (χ1n) is 11.2. The second kappa shape index (κ2) is 8.40. The molecule has 3 aromatic heterocycles. The van der Waals surface area contributed by atoms with E-state index in [0.717, 1.165) is 83.9 Å². The fraction of sp³-hybridized carbons (Fsp3) is 0.435. The van der Waals surface area contributed by atoms with Gasteiger partial charge in [-0.1, -0.05) is 12.1 Å². The lowest BCUT2D eigenvalue weighted by Gasteiger charge is -2.29. The number of rotatable bonds is 4. The van der Waals surface area contributed by atoms with Gasteiger partial charge in [-0.25, -0.2) is 9.97 Å².